The van der Waals surface area contributed by atoms with Crippen LogP contribution in [0.1, 0.15) is 21.6 Å². The Morgan fingerprint density at radius 2 is 1.63 bits per heavy atom. The van der Waals surface area contributed by atoms with Crippen LogP contribution in [0.3, 0.4) is 0 Å². The van der Waals surface area contributed by atoms with Crippen LogP contribution in [0, 0.1) is 19.7 Å². The van der Waals surface area contributed by atoms with Crippen LogP contribution in [-0.2, 0) is 0 Å². The fraction of sp³-hybridized carbons (Fsp3) is 0.200. The molecule has 27 heavy (non-hydrogen) atoms. The topological polar surface area (TPSA) is 65.4 Å². The van der Waals surface area contributed by atoms with E-state index in [-0.39, 0.29) is 11.7 Å². The number of carbonyl (C=O) groups is 1. The van der Waals surface area contributed by atoms with Crippen LogP contribution in [0.25, 0.3) is 5.69 Å². The Morgan fingerprint density at radius 3 is 2.19 bits per heavy atom. The Bertz CT molecular complexity index is 956. The van der Waals surface area contributed by atoms with Gasteiger partial charge in [0.2, 0.25) is 0 Å². The average molecular weight is 369 g/mol. The molecule has 1 aromatic heterocycles. The normalized spacial score (nSPS) is 10.6. The molecule has 0 aliphatic rings. The first-order valence-corrected chi connectivity index (χ1v) is 8.29. The molecule has 0 aliphatic carbocycles. The molecule has 0 aliphatic heterocycles. The van der Waals surface area contributed by atoms with Gasteiger partial charge in [-0.3, -0.25) is 4.79 Å². The van der Waals surface area contributed by atoms with Gasteiger partial charge in [-0.1, -0.05) is 0 Å². The quantitative estimate of drug-likeness (QED) is 0.741. The monoisotopic (exact) mass is 369 g/mol. The lowest BCUT2D eigenvalue weighted by atomic mass is 10.1. The Kier molecular flexibility index (Phi) is 5.12. The second-order valence-corrected chi connectivity index (χ2v) is 6.02. The highest BCUT2D eigenvalue weighted by atomic mass is 19.1. The molecule has 0 unspecified atom stereocenters. The van der Waals surface area contributed by atoms with Crippen molar-refractivity contribution in [1.82, 2.24) is 9.78 Å². The molecular weight excluding hydrogens is 349 g/mol. The van der Waals surface area contributed by atoms with E-state index < -0.39 is 0 Å². The minimum absolute atomic E-state index is 0.338. The summed E-state index contributed by atoms with van der Waals surface area (Å²) in [4.78, 5) is 12.8. The fourth-order valence-electron chi connectivity index (χ4n) is 2.77. The predicted molar refractivity (Wildman–Crippen MR) is 100 cm³/mol. The number of nitrogens with zero attached hydrogens (tertiary/aromatic N) is 2. The number of benzene rings is 2. The molecule has 1 amide bonds. The molecule has 0 atom stereocenters. The standard InChI is InChI=1S/C20H20FN3O3/c1-12-9-19(24(23-12)16-7-5-15(21)6-8-16)22-20(25)14-10-17(26-3)13(2)18(11-14)27-4/h5-11H,1-4H3,(H,22,25). The number of hydrogen-bond donors (Lipinski definition) is 1. The minimum Gasteiger partial charge on any atom is -0.496 e. The highest BCUT2D eigenvalue weighted by molar-refractivity contribution is 6.04. The summed E-state index contributed by atoms with van der Waals surface area (Å²) in [5.74, 6) is 0.912. The lowest BCUT2D eigenvalue weighted by molar-refractivity contribution is 0.102. The number of halogens is 1. The van der Waals surface area contributed by atoms with Crippen LogP contribution in [0.2, 0.25) is 0 Å². The summed E-state index contributed by atoms with van der Waals surface area (Å²) < 4.78 is 25.4. The van der Waals surface area contributed by atoms with Gasteiger partial charge in [-0.15, -0.1) is 0 Å². The van der Waals surface area contributed by atoms with Crippen molar-refractivity contribution in [2.24, 2.45) is 0 Å². The van der Waals surface area contributed by atoms with Crippen LogP contribution >= 0.6 is 0 Å². The van der Waals surface area contributed by atoms with Gasteiger partial charge in [-0.25, -0.2) is 9.07 Å². The number of methoxy groups -OCH3 is 2. The SMILES string of the molecule is COc1cc(C(=O)Nc2cc(C)nn2-c2ccc(F)cc2)cc(OC)c1C. The number of anilines is 1. The van der Waals surface area contributed by atoms with E-state index >= 15 is 0 Å². The summed E-state index contributed by atoms with van der Waals surface area (Å²) in [5.41, 5.74) is 2.55. The first kappa shape index (κ1) is 18.4. The van der Waals surface area contributed by atoms with E-state index in [0.29, 0.717) is 34.3 Å². The van der Waals surface area contributed by atoms with Crippen molar-refractivity contribution in [3.05, 3.63) is 65.1 Å². The first-order valence-electron chi connectivity index (χ1n) is 8.29. The highest BCUT2D eigenvalue weighted by Crippen LogP contribution is 2.30. The lowest BCUT2D eigenvalue weighted by Crippen LogP contribution is -2.15. The van der Waals surface area contributed by atoms with Crippen molar-refractivity contribution in [3.63, 3.8) is 0 Å². The number of amides is 1. The molecule has 0 fully saturated rings. The molecule has 6 nitrogen and oxygen atoms in total. The summed E-state index contributed by atoms with van der Waals surface area (Å²) in [6, 6.07) is 10.9. The van der Waals surface area contributed by atoms with E-state index in [0.717, 1.165) is 5.56 Å². The molecule has 1 N–H and O–H groups in total. The van der Waals surface area contributed by atoms with Gasteiger partial charge in [0, 0.05) is 17.2 Å². The average Bonchev–Trinajstić information content (AvgIpc) is 3.02. The van der Waals surface area contributed by atoms with Crippen LogP contribution in [0.15, 0.2) is 42.5 Å². The van der Waals surface area contributed by atoms with Gasteiger partial charge >= 0.3 is 0 Å². The minimum atomic E-state index is -0.341. The van der Waals surface area contributed by atoms with Gasteiger partial charge in [-0.2, -0.15) is 5.10 Å². The van der Waals surface area contributed by atoms with Gasteiger partial charge in [0.15, 0.2) is 0 Å². The van der Waals surface area contributed by atoms with Crippen molar-refractivity contribution in [3.8, 4) is 17.2 Å². The third-order valence-corrected chi connectivity index (χ3v) is 4.16. The Hall–Kier alpha value is -3.35. The van der Waals surface area contributed by atoms with Crippen molar-refractivity contribution < 1.29 is 18.7 Å². The number of aryl methyl sites for hydroxylation is 1. The second-order valence-electron chi connectivity index (χ2n) is 6.02. The van der Waals surface area contributed by atoms with Gasteiger partial charge < -0.3 is 14.8 Å². The van der Waals surface area contributed by atoms with Gasteiger partial charge in [0.25, 0.3) is 5.91 Å². The number of carbonyl (C=O) groups excluding carboxylic acids is 1. The Labute approximate surface area is 156 Å². The summed E-state index contributed by atoms with van der Waals surface area (Å²) in [7, 11) is 3.08. The van der Waals surface area contributed by atoms with E-state index in [1.54, 1.807) is 35.0 Å². The predicted octanol–water partition coefficient (Wildman–Crippen LogP) is 3.90. The Morgan fingerprint density at radius 1 is 1.04 bits per heavy atom. The zero-order valence-electron chi connectivity index (χ0n) is 15.5. The molecule has 0 spiro atoms. The summed E-state index contributed by atoms with van der Waals surface area (Å²) in [5, 5.41) is 7.21. The molecule has 3 aromatic rings. The maximum Gasteiger partial charge on any atom is 0.257 e. The van der Waals surface area contributed by atoms with E-state index in [9.17, 15) is 9.18 Å². The number of nitrogens with one attached hydrogen (secondary N) is 1. The molecule has 3 rings (SSSR count). The summed E-state index contributed by atoms with van der Waals surface area (Å²) in [6.45, 7) is 3.67. The zero-order valence-corrected chi connectivity index (χ0v) is 15.5. The van der Waals surface area contributed by atoms with Gasteiger partial charge in [0.1, 0.15) is 23.1 Å². The summed E-state index contributed by atoms with van der Waals surface area (Å²) >= 11 is 0. The van der Waals surface area contributed by atoms with Crippen LogP contribution in [-0.4, -0.2) is 29.9 Å². The summed E-state index contributed by atoms with van der Waals surface area (Å²) in [6.07, 6.45) is 0. The van der Waals surface area contributed by atoms with E-state index in [1.165, 1.54) is 26.4 Å². The zero-order chi connectivity index (χ0) is 19.6. The van der Waals surface area contributed by atoms with Crippen LogP contribution < -0.4 is 14.8 Å². The number of rotatable bonds is 5. The third-order valence-electron chi connectivity index (χ3n) is 4.16. The maximum atomic E-state index is 13.2. The molecular formula is C20H20FN3O3. The lowest BCUT2D eigenvalue weighted by Gasteiger charge is -2.13. The van der Waals surface area contributed by atoms with Gasteiger partial charge in [-0.05, 0) is 50.2 Å². The van der Waals surface area contributed by atoms with E-state index in [2.05, 4.69) is 10.4 Å². The van der Waals surface area contributed by atoms with Crippen molar-refractivity contribution in [1.29, 1.82) is 0 Å². The first-order chi connectivity index (χ1) is 12.9. The molecule has 140 valence electrons. The van der Waals surface area contributed by atoms with Crippen molar-refractivity contribution in [2.75, 3.05) is 19.5 Å². The fourth-order valence-corrected chi connectivity index (χ4v) is 2.77. The van der Waals surface area contributed by atoms with Crippen LogP contribution in [0.5, 0.6) is 11.5 Å². The molecule has 7 heteroatoms. The molecule has 2 aromatic carbocycles. The van der Waals surface area contributed by atoms with E-state index in [4.69, 9.17) is 9.47 Å². The van der Waals surface area contributed by atoms with E-state index in [1.807, 2.05) is 13.8 Å². The van der Waals surface area contributed by atoms with Gasteiger partial charge in [0.05, 0.1) is 25.6 Å². The molecule has 0 bridgehead atoms. The number of hydrogen-bond acceptors (Lipinski definition) is 4. The second kappa shape index (κ2) is 7.49. The highest BCUT2D eigenvalue weighted by Gasteiger charge is 2.16. The van der Waals surface area contributed by atoms with Crippen molar-refractivity contribution in [2.45, 2.75) is 13.8 Å². The number of ether oxygens (including phenoxy) is 2. The van der Waals surface area contributed by atoms with Crippen molar-refractivity contribution >= 4 is 11.7 Å². The Balaban J connectivity index is 1.94. The molecule has 0 radical (unpaired) electrons. The van der Waals surface area contributed by atoms with Crippen LogP contribution in [0.4, 0.5) is 10.2 Å². The molecule has 0 saturated carbocycles. The molecule has 0 saturated heterocycles. The maximum absolute atomic E-state index is 13.2. The third kappa shape index (κ3) is 3.76. The smallest absolute Gasteiger partial charge is 0.257 e. The largest absolute Gasteiger partial charge is 0.496 e. The molecule has 1 heterocycles. The number of aromatic nitrogens is 2.